The fourth-order valence-corrected chi connectivity index (χ4v) is 2.60. The first-order valence-electron chi connectivity index (χ1n) is 7.68. The number of hydrogen-bond acceptors (Lipinski definition) is 3. The van der Waals surface area contributed by atoms with Gasteiger partial charge < -0.3 is 15.7 Å². The van der Waals surface area contributed by atoms with E-state index in [0.717, 1.165) is 18.2 Å². The van der Waals surface area contributed by atoms with Crippen LogP contribution >= 0.6 is 0 Å². The molecule has 1 saturated carbocycles. The van der Waals surface area contributed by atoms with Gasteiger partial charge >= 0.3 is 6.18 Å². The second-order valence-electron chi connectivity index (χ2n) is 5.83. The van der Waals surface area contributed by atoms with Gasteiger partial charge in [-0.3, -0.25) is 9.59 Å². The molecule has 1 aromatic rings. The smallest absolute Gasteiger partial charge is 0.393 e. The number of benzene rings is 1. The van der Waals surface area contributed by atoms with E-state index in [1.165, 1.54) is 6.07 Å². The molecule has 0 heterocycles. The molecule has 2 rings (SSSR count). The third kappa shape index (κ3) is 5.23. The van der Waals surface area contributed by atoms with Crippen LogP contribution in [0.2, 0.25) is 0 Å². The maximum atomic E-state index is 12.6. The molecule has 8 heteroatoms. The monoisotopic (exact) mass is 344 g/mol. The summed E-state index contributed by atoms with van der Waals surface area (Å²) in [4.78, 5) is 23.7. The molecule has 1 aliphatic rings. The molecule has 1 fully saturated rings. The lowest BCUT2D eigenvalue weighted by Gasteiger charge is -2.26. The summed E-state index contributed by atoms with van der Waals surface area (Å²) in [7, 11) is 0. The number of aliphatic hydroxyl groups excluding tert-OH is 1. The maximum Gasteiger partial charge on any atom is 0.416 e. The largest absolute Gasteiger partial charge is 0.416 e. The van der Waals surface area contributed by atoms with E-state index in [1.54, 1.807) is 0 Å². The second-order valence-corrected chi connectivity index (χ2v) is 5.83. The fraction of sp³-hybridized carbons (Fsp3) is 0.500. The van der Waals surface area contributed by atoms with Gasteiger partial charge in [0.05, 0.1) is 18.2 Å². The third-order valence-electron chi connectivity index (χ3n) is 3.92. The maximum absolute atomic E-state index is 12.6. The van der Waals surface area contributed by atoms with Crippen LogP contribution in [0.1, 0.15) is 41.6 Å². The molecule has 132 valence electrons. The molecule has 24 heavy (non-hydrogen) atoms. The van der Waals surface area contributed by atoms with Gasteiger partial charge in [-0.1, -0.05) is 6.07 Å². The first-order chi connectivity index (χ1) is 11.3. The Kier molecular flexibility index (Phi) is 5.82. The van der Waals surface area contributed by atoms with Crippen molar-refractivity contribution in [2.75, 3.05) is 6.54 Å². The standard InChI is InChI=1S/C16H19F3N2O3/c17-16(18,19)11-3-1-2-10(8-11)15(24)20-9-14(23)21-12-4-6-13(22)7-5-12/h1-3,8,12-13,22H,4-7,9H2,(H,20,24)(H,21,23). The Balaban J connectivity index is 1.83. The summed E-state index contributed by atoms with van der Waals surface area (Å²) in [5.74, 6) is -1.15. The van der Waals surface area contributed by atoms with Crippen LogP contribution < -0.4 is 10.6 Å². The minimum Gasteiger partial charge on any atom is -0.393 e. The molecular formula is C16H19F3N2O3. The average molecular weight is 344 g/mol. The zero-order valence-electron chi connectivity index (χ0n) is 12.9. The highest BCUT2D eigenvalue weighted by Crippen LogP contribution is 2.29. The van der Waals surface area contributed by atoms with E-state index in [1.807, 2.05) is 0 Å². The van der Waals surface area contributed by atoms with Crippen LogP contribution in [-0.4, -0.2) is 35.6 Å². The Bertz CT molecular complexity index is 596. The van der Waals surface area contributed by atoms with E-state index < -0.39 is 23.6 Å². The Labute approximate surface area is 137 Å². The Morgan fingerprint density at radius 1 is 1.17 bits per heavy atom. The molecule has 2 amide bonds. The predicted molar refractivity (Wildman–Crippen MR) is 80.2 cm³/mol. The number of amides is 2. The number of alkyl halides is 3. The number of halogens is 3. The van der Waals surface area contributed by atoms with E-state index in [-0.39, 0.29) is 24.3 Å². The van der Waals surface area contributed by atoms with E-state index in [0.29, 0.717) is 25.7 Å². The number of hydrogen-bond donors (Lipinski definition) is 3. The van der Waals surface area contributed by atoms with Crippen molar-refractivity contribution in [3.8, 4) is 0 Å². The molecule has 0 aromatic heterocycles. The summed E-state index contributed by atoms with van der Waals surface area (Å²) < 4.78 is 37.9. The van der Waals surface area contributed by atoms with E-state index in [4.69, 9.17) is 0 Å². The summed E-state index contributed by atoms with van der Waals surface area (Å²) in [6.45, 7) is -0.311. The molecule has 1 aliphatic carbocycles. The Morgan fingerprint density at radius 3 is 2.46 bits per heavy atom. The summed E-state index contributed by atoms with van der Waals surface area (Å²) in [5, 5.41) is 14.4. The van der Waals surface area contributed by atoms with Gasteiger partial charge in [-0.2, -0.15) is 13.2 Å². The van der Waals surface area contributed by atoms with Gasteiger partial charge in [0.1, 0.15) is 0 Å². The summed E-state index contributed by atoms with van der Waals surface area (Å²) in [6, 6.07) is 3.97. The highest BCUT2D eigenvalue weighted by molar-refractivity contribution is 5.96. The minimum absolute atomic E-state index is 0.0497. The number of aliphatic hydroxyl groups is 1. The summed E-state index contributed by atoms with van der Waals surface area (Å²) in [5.41, 5.74) is -1.07. The van der Waals surface area contributed by atoms with Crippen molar-refractivity contribution in [2.45, 2.75) is 44.0 Å². The molecule has 0 unspecified atom stereocenters. The fourth-order valence-electron chi connectivity index (χ4n) is 2.60. The molecule has 0 spiro atoms. The molecule has 0 radical (unpaired) electrons. The zero-order chi connectivity index (χ0) is 17.7. The van der Waals surface area contributed by atoms with Gasteiger partial charge in [-0.25, -0.2) is 0 Å². The molecule has 0 atom stereocenters. The third-order valence-corrected chi connectivity index (χ3v) is 3.92. The van der Waals surface area contributed by atoms with Crippen molar-refractivity contribution in [1.82, 2.24) is 10.6 Å². The lowest BCUT2D eigenvalue weighted by Crippen LogP contribution is -2.43. The highest BCUT2D eigenvalue weighted by Gasteiger charge is 2.31. The van der Waals surface area contributed by atoms with E-state index in [9.17, 15) is 27.9 Å². The van der Waals surface area contributed by atoms with Gasteiger partial charge in [-0.15, -0.1) is 0 Å². The number of carbonyl (C=O) groups is 2. The average Bonchev–Trinajstić information content (AvgIpc) is 2.54. The van der Waals surface area contributed by atoms with Crippen LogP contribution in [0.5, 0.6) is 0 Å². The van der Waals surface area contributed by atoms with Gasteiger partial charge in [0, 0.05) is 11.6 Å². The van der Waals surface area contributed by atoms with Crippen LogP contribution in [0.25, 0.3) is 0 Å². The predicted octanol–water partition coefficient (Wildman–Crippen LogP) is 1.85. The SMILES string of the molecule is O=C(CNC(=O)c1cccc(C(F)(F)F)c1)NC1CCC(O)CC1. The molecule has 1 aromatic carbocycles. The minimum atomic E-state index is -4.53. The van der Waals surface area contributed by atoms with Crippen molar-refractivity contribution < 1.29 is 27.9 Å². The Morgan fingerprint density at radius 2 is 1.83 bits per heavy atom. The molecule has 5 nitrogen and oxygen atoms in total. The Hall–Kier alpha value is -2.09. The summed E-state index contributed by atoms with van der Waals surface area (Å²) >= 11 is 0. The summed E-state index contributed by atoms with van der Waals surface area (Å²) in [6.07, 6.45) is -2.32. The van der Waals surface area contributed by atoms with Gasteiger partial charge in [-0.05, 0) is 43.9 Å². The molecule has 0 saturated heterocycles. The first kappa shape index (κ1) is 18.3. The zero-order valence-corrected chi connectivity index (χ0v) is 12.9. The quantitative estimate of drug-likeness (QED) is 0.780. The van der Waals surface area contributed by atoms with Crippen molar-refractivity contribution in [2.24, 2.45) is 0 Å². The number of carbonyl (C=O) groups excluding carboxylic acids is 2. The van der Waals surface area contributed by atoms with Gasteiger partial charge in [0.25, 0.3) is 5.91 Å². The second kappa shape index (κ2) is 7.65. The van der Waals surface area contributed by atoms with Crippen LogP contribution in [-0.2, 0) is 11.0 Å². The van der Waals surface area contributed by atoms with E-state index >= 15 is 0 Å². The molecule has 0 bridgehead atoms. The molecule has 3 N–H and O–H groups in total. The van der Waals surface area contributed by atoms with Crippen molar-refractivity contribution in [3.05, 3.63) is 35.4 Å². The van der Waals surface area contributed by atoms with Crippen molar-refractivity contribution >= 4 is 11.8 Å². The molecule has 0 aliphatic heterocycles. The van der Waals surface area contributed by atoms with Crippen LogP contribution in [0, 0.1) is 0 Å². The number of nitrogens with one attached hydrogen (secondary N) is 2. The normalized spacial score (nSPS) is 21.2. The van der Waals surface area contributed by atoms with Crippen molar-refractivity contribution in [1.29, 1.82) is 0 Å². The van der Waals surface area contributed by atoms with Gasteiger partial charge in [0.2, 0.25) is 5.91 Å². The molecular weight excluding hydrogens is 325 g/mol. The van der Waals surface area contributed by atoms with Crippen LogP contribution in [0.4, 0.5) is 13.2 Å². The number of rotatable bonds is 4. The lowest BCUT2D eigenvalue weighted by atomic mass is 9.93. The lowest BCUT2D eigenvalue weighted by molar-refractivity contribution is -0.137. The van der Waals surface area contributed by atoms with Gasteiger partial charge in [0.15, 0.2) is 0 Å². The van der Waals surface area contributed by atoms with Crippen LogP contribution in [0.15, 0.2) is 24.3 Å². The van der Waals surface area contributed by atoms with Crippen molar-refractivity contribution in [3.63, 3.8) is 0 Å². The first-order valence-corrected chi connectivity index (χ1v) is 7.68. The van der Waals surface area contributed by atoms with Crippen LogP contribution in [0.3, 0.4) is 0 Å². The topological polar surface area (TPSA) is 78.4 Å². The van der Waals surface area contributed by atoms with E-state index in [2.05, 4.69) is 10.6 Å². The highest BCUT2D eigenvalue weighted by atomic mass is 19.4.